The van der Waals surface area contributed by atoms with E-state index in [0.717, 1.165) is 50.7 Å². The fourth-order valence-electron chi connectivity index (χ4n) is 5.66. The number of nitrogens with zero attached hydrogens (tertiary/aromatic N) is 4. The predicted molar refractivity (Wildman–Crippen MR) is 159 cm³/mol. The van der Waals surface area contributed by atoms with Crippen molar-refractivity contribution in [3.63, 3.8) is 0 Å². The molecule has 5 rings (SSSR count). The Hall–Kier alpha value is -5.26. The molecule has 0 aliphatic carbocycles. The summed E-state index contributed by atoms with van der Waals surface area (Å²) >= 11 is 0. The lowest BCUT2D eigenvalue weighted by molar-refractivity contribution is -0.385. The summed E-state index contributed by atoms with van der Waals surface area (Å²) in [5.74, 6) is -1.96. The third kappa shape index (κ3) is 6.24. The number of piperidine rings is 2. The van der Waals surface area contributed by atoms with E-state index in [1.54, 1.807) is 9.80 Å². The molecule has 3 aromatic rings. The molecule has 0 bridgehead atoms. The second kappa shape index (κ2) is 12.9. The third-order valence-electron chi connectivity index (χ3n) is 8.07. The maximum absolute atomic E-state index is 13.3. The molecule has 0 saturated carbocycles. The molecule has 2 aliphatic heterocycles. The Kier molecular flexibility index (Phi) is 8.88. The summed E-state index contributed by atoms with van der Waals surface area (Å²) in [6, 6.07) is 13.1. The van der Waals surface area contributed by atoms with E-state index in [1.165, 1.54) is 48.5 Å². The predicted octanol–water partition coefficient (Wildman–Crippen LogP) is 5.22. The van der Waals surface area contributed by atoms with Gasteiger partial charge in [0.1, 0.15) is 11.1 Å². The van der Waals surface area contributed by atoms with Crippen LogP contribution in [0, 0.1) is 20.2 Å². The van der Waals surface area contributed by atoms with Gasteiger partial charge in [-0.2, -0.15) is 0 Å². The molecule has 2 saturated heterocycles. The summed E-state index contributed by atoms with van der Waals surface area (Å²) in [5.41, 5.74) is -0.491. The van der Waals surface area contributed by atoms with Gasteiger partial charge >= 0.3 is 0 Å². The van der Waals surface area contributed by atoms with E-state index in [2.05, 4.69) is 0 Å². The van der Waals surface area contributed by atoms with Crippen molar-refractivity contribution in [2.75, 3.05) is 26.2 Å². The van der Waals surface area contributed by atoms with Crippen LogP contribution in [0.25, 0.3) is 0 Å². The van der Waals surface area contributed by atoms with Gasteiger partial charge in [0.2, 0.25) is 0 Å². The van der Waals surface area contributed by atoms with Crippen molar-refractivity contribution in [1.29, 1.82) is 0 Å². The van der Waals surface area contributed by atoms with E-state index < -0.39 is 33.2 Å². The van der Waals surface area contributed by atoms with Gasteiger partial charge in [-0.3, -0.25) is 39.4 Å². The van der Waals surface area contributed by atoms with Gasteiger partial charge in [-0.25, -0.2) is 0 Å². The van der Waals surface area contributed by atoms with Crippen molar-refractivity contribution >= 4 is 34.8 Å². The molecule has 2 heterocycles. The van der Waals surface area contributed by atoms with E-state index in [1.807, 2.05) is 0 Å². The molecule has 12 heteroatoms. The molecular formula is C32H30N4O8. The van der Waals surface area contributed by atoms with E-state index in [0.29, 0.717) is 26.2 Å². The number of amides is 2. The fourth-order valence-corrected chi connectivity index (χ4v) is 5.66. The van der Waals surface area contributed by atoms with Gasteiger partial charge in [0.05, 0.1) is 9.85 Å². The Labute approximate surface area is 252 Å². The first-order chi connectivity index (χ1) is 21.2. The topological polar surface area (TPSA) is 161 Å². The van der Waals surface area contributed by atoms with Crippen LogP contribution in [0.4, 0.5) is 11.4 Å². The minimum Gasteiger partial charge on any atom is -0.338 e. The van der Waals surface area contributed by atoms with Crippen LogP contribution in [0.1, 0.15) is 91.1 Å². The molecule has 2 fully saturated rings. The van der Waals surface area contributed by atoms with Crippen LogP contribution in [-0.2, 0) is 0 Å². The van der Waals surface area contributed by atoms with Crippen molar-refractivity contribution in [3.8, 4) is 0 Å². The van der Waals surface area contributed by atoms with Crippen LogP contribution in [-0.4, -0.2) is 69.2 Å². The maximum Gasteiger partial charge on any atom is 0.282 e. The Morgan fingerprint density at radius 3 is 1.14 bits per heavy atom. The second-order valence-corrected chi connectivity index (χ2v) is 10.9. The molecule has 226 valence electrons. The first kappa shape index (κ1) is 30.2. The molecule has 12 nitrogen and oxygen atoms in total. The number of carbonyl (C=O) groups excluding carboxylic acids is 4. The average Bonchev–Trinajstić information content (AvgIpc) is 3.07. The lowest BCUT2D eigenvalue weighted by Gasteiger charge is -2.26. The zero-order valence-corrected chi connectivity index (χ0v) is 23.9. The minimum absolute atomic E-state index is 0.0891. The molecule has 0 radical (unpaired) electrons. The van der Waals surface area contributed by atoms with Gasteiger partial charge in [0.25, 0.3) is 23.2 Å². The monoisotopic (exact) mass is 598 g/mol. The molecule has 0 unspecified atom stereocenters. The van der Waals surface area contributed by atoms with Crippen LogP contribution in [0.5, 0.6) is 0 Å². The largest absolute Gasteiger partial charge is 0.338 e. The first-order valence-corrected chi connectivity index (χ1v) is 14.5. The zero-order chi connectivity index (χ0) is 31.4. The van der Waals surface area contributed by atoms with Gasteiger partial charge in [0.15, 0.2) is 11.6 Å². The standard InChI is InChI=1S/C32H30N4O8/c37-29(23-11-13-27(35(41)42)25(19-23)31(39)33-15-3-1-4-16-33)21-7-9-22(10-8-21)30(38)24-12-14-28(36(43)44)26(20-24)32(40)34-17-5-2-6-18-34/h7-14,19-20H,1-6,15-18H2. The number of hydrogen-bond acceptors (Lipinski definition) is 8. The number of rotatable bonds is 8. The molecular weight excluding hydrogens is 568 g/mol. The SMILES string of the molecule is O=C(c1ccc(C(=O)c2ccc([N+](=O)[O-])c(C(=O)N3CCCCC3)c2)cc1)c1ccc([N+](=O)[O-])c(C(=O)N2CCCCC2)c1. The minimum atomic E-state index is -0.643. The number of nitro benzene ring substituents is 2. The van der Waals surface area contributed by atoms with Crippen LogP contribution in [0.3, 0.4) is 0 Å². The molecule has 0 aromatic heterocycles. The quantitative estimate of drug-likeness (QED) is 0.194. The Morgan fingerprint density at radius 1 is 0.500 bits per heavy atom. The number of benzene rings is 3. The van der Waals surface area contributed by atoms with Crippen molar-refractivity contribution in [1.82, 2.24) is 9.80 Å². The summed E-state index contributed by atoms with van der Waals surface area (Å²) in [5, 5.41) is 23.3. The van der Waals surface area contributed by atoms with Crippen LogP contribution in [0.2, 0.25) is 0 Å². The number of hydrogen-bond donors (Lipinski definition) is 0. The van der Waals surface area contributed by atoms with Crippen molar-refractivity contribution in [3.05, 3.63) is 114 Å². The van der Waals surface area contributed by atoms with Crippen LogP contribution >= 0.6 is 0 Å². The van der Waals surface area contributed by atoms with Gasteiger partial charge in [-0.1, -0.05) is 24.3 Å². The van der Waals surface area contributed by atoms with E-state index in [-0.39, 0.29) is 44.8 Å². The number of nitro groups is 2. The number of likely N-dealkylation sites (tertiary alicyclic amines) is 2. The van der Waals surface area contributed by atoms with E-state index >= 15 is 0 Å². The Balaban J connectivity index is 1.38. The highest BCUT2D eigenvalue weighted by atomic mass is 16.6. The molecule has 44 heavy (non-hydrogen) atoms. The van der Waals surface area contributed by atoms with Crippen LogP contribution in [0.15, 0.2) is 60.7 Å². The first-order valence-electron chi connectivity index (χ1n) is 14.5. The van der Waals surface area contributed by atoms with Gasteiger partial charge in [-0.15, -0.1) is 0 Å². The summed E-state index contributed by atoms with van der Waals surface area (Å²) in [6.07, 6.45) is 5.17. The van der Waals surface area contributed by atoms with Crippen molar-refractivity contribution in [2.45, 2.75) is 38.5 Å². The summed E-state index contributed by atoms with van der Waals surface area (Å²) in [4.78, 5) is 78.0. The highest BCUT2D eigenvalue weighted by molar-refractivity contribution is 6.13. The number of carbonyl (C=O) groups is 4. The highest BCUT2D eigenvalue weighted by Gasteiger charge is 2.29. The van der Waals surface area contributed by atoms with Gasteiger partial charge in [0, 0.05) is 60.6 Å². The molecule has 2 aliphatic rings. The van der Waals surface area contributed by atoms with Crippen molar-refractivity contribution in [2.24, 2.45) is 0 Å². The zero-order valence-electron chi connectivity index (χ0n) is 23.9. The lowest BCUT2D eigenvalue weighted by Crippen LogP contribution is -2.36. The smallest absolute Gasteiger partial charge is 0.282 e. The fraction of sp³-hybridized carbons (Fsp3) is 0.312. The molecule has 2 amide bonds. The molecule has 0 N–H and O–H groups in total. The van der Waals surface area contributed by atoms with E-state index in [9.17, 15) is 39.4 Å². The number of ketones is 2. The van der Waals surface area contributed by atoms with Crippen LogP contribution < -0.4 is 0 Å². The molecule has 3 aromatic carbocycles. The second-order valence-electron chi connectivity index (χ2n) is 10.9. The Morgan fingerprint density at radius 2 is 0.818 bits per heavy atom. The van der Waals surface area contributed by atoms with Gasteiger partial charge < -0.3 is 9.80 Å². The lowest BCUT2D eigenvalue weighted by atomic mass is 9.96. The van der Waals surface area contributed by atoms with Gasteiger partial charge in [-0.05, 0) is 62.8 Å². The molecule has 0 atom stereocenters. The summed E-state index contributed by atoms with van der Waals surface area (Å²) in [6.45, 7) is 1.97. The molecule has 0 spiro atoms. The average molecular weight is 599 g/mol. The maximum atomic E-state index is 13.3. The summed E-state index contributed by atoms with van der Waals surface area (Å²) in [7, 11) is 0. The van der Waals surface area contributed by atoms with E-state index in [4.69, 9.17) is 0 Å². The summed E-state index contributed by atoms with van der Waals surface area (Å²) < 4.78 is 0. The third-order valence-corrected chi connectivity index (χ3v) is 8.07. The highest BCUT2D eigenvalue weighted by Crippen LogP contribution is 2.27. The Bertz CT molecular complexity index is 1530. The normalized spacial score (nSPS) is 15.0. The van der Waals surface area contributed by atoms with Crippen molar-refractivity contribution < 1.29 is 29.0 Å².